The Kier molecular flexibility index (Phi) is 7.27. The van der Waals surface area contributed by atoms with Crippen molar-refractivity contribution in [2.45, 2.75) is 25.4 Å². The third-order valence-electron chi connectivity index (χ3n) is 7.75. The van der Waals surface area contributed by atoms with E-state index in [-0.39, 0.29) is 0 Å². The highest BCUT2D eigenvalue weighted by Gasteiger charge is 2.23. The summed E-state index contributed by atoms with van der Waals surface area (Å²) in [4.78, 5) is 17.4. The number of ether oxygens (including phenoxy) is 1. The predicted molar refractivity (Wildman–Crippen MR) is 155 cm³/mol. The normalized spacial score (nSPS) is 17.1. The van der Waals surface area contributed by atoms with Crippen molar-refractivity contribution in [1.82, 2.24) is 14.9 Å². The smallest absolute Gasteiger partial charge is 0.228 e. The van der Waals surface area contributed by atoms with E-state index in [0.717, 1.165) is 87.1 Å². The molecule has 6 rings (SSSR count). The molecule has 0 bridgehead atoms. The van der Waals surface area contributed by atoms with Crippen molar-refractivity contribution in [3.63, 3.8) is 0 Å². The van der Waals surface area contributed by atoms with Crippen molar-refractivity contribution in [2.24, 2.45) is 0 Å². The van der Waals surface area contributed by atoms with Gasteiger partial charge in [-0.15, -0.1) is 0 Å². The highest BCUT2D eigenvalue weighted by atomic mass is 16.5. The minimum Gasteiger partial charge on any atom is -0.497 e. The molecule has 0 unspecified atom stereocenters. The first-order chi connectivity index (χ1) is 18.7. The number of fused-ring (bicyclic) bond motifs is 1. The second kappa shape index (κ2) is 11.3. The van der Waals surface area contributed by atoms with E-state index in [0.29, 0.717) is 6.04 Å². The van der Waals surface area contributed by atoms with Crippen LogP contribution in [0.15, 0.2) is 78.9 Å². The van der Waals surface area contributed by atoms with Gasteiger partial charge in [0.25, 0.3) is 0 Å². The molecule has 1 aromatic heterocycles. The molecule has 0 amide bonds. The first-order valence-electron chi connectivity index (χ1n) is 13.7. The Morgan fingerprint density at radius 2 is 1.47 bits per heavy atom. The average Bonchev–Trinajstić information content (AvgIpc) is 2.99. The van der Waals surface area contributed by atoms with E-state index in [4.69, 9.17) is 14.7 Å². The number of para-hydroxylation sites is 1. The molecule has 0 radical (unpaired) electrons. The summed E-state index contributed by atoms with van der Waals surface area (Å²) in [7, 11) is 1.70. The number of anilines is 3. The van der Waals surface area contributed by atoms with Crippen LogP contribution in [0.5, 0.6) is 5.75 Å². The summed E-state index contributed by atoms with van der Waals surface area (Å²) in [5.74, 6) is 2.54. The monoisotopic (exact) mass is 508 g/mol. The first-order valence-corrected chi connectivity index (χ1v) is 13.7. The number of likely N-dealkylation sites (tertiary alicyclic amines) is 1. The molecule has 38 heavy (non-hydrogen) atoms. The fourth-order valence-corrected chi connectivity index (χ4v) is 5.55. The molecule has 4 aromatic rings. The van der Waals surface area contributed by atoms with E-state index >= 15 is 0 Å². The van der Waals surface area contributed by atoms with Crippen molar-refractivity contribution in [1.29, 1.82) is 0 Å². The lowest BCUT2D eigenvalue weighted by Gasteiger charge is -2.36. The number of hydrogen-bond acceptors (Lipinski definition) is 7. The highest BCUT2D eigenvalue weighted by molar-refractivity contribution is 5.91. The minimum atomic E-state index is 0.394. The number of piperazine rings is 1. The van der Waals surface area contributed by atoms with Gasteiger partial charge >= 0.3 is 0 Å². The summed E-state index contributed by atoms with van der Waals surface area (Å²) in [6, 6.07) is 27.9. The number of nitrogens with zero attached hydrogens (tertiary/aromatic N) is 5. The number of hydrogen-bond donors (Lipinski definition) is 1. The zero-order valence-electron chi connectivity index (χ0n) is 22.1. The van der Waals surface area contributed by atoms with Gasteiger partial charge in [-0.3, -0.25) is 4.90 Å². The van der Waals surface area contributed by atoms with Gasteiger partial charge in [0.1, 0.15) is 11.6 Å². The van der Waals surface area contributed by atoms with Crippen molar-refractivity contribution < 1.29 is 4.74 Å². The predicted octanol–water partition coefficient (Wildman–Crippen LogP) is 5.04. The van der Waals surface area contributed by atoms with Crippen molar-refractivity contribution in [3.8, 4) is 5.75 Å². The van der Waals surface area contributed by atoms with E-state index < -0.39 is 0 Å². The lowest BCUT2D eigenvalue weighted by atomic mass is 10.0. The van der Waals surface area contributed by atoms with E-state index in [9.17, 15) is 0 Å². The minimum absolute atomic E-state index is 0.394. The Bertz CT molecular complexity index is 1330. The van der Waals surface area contributed by atoms with Crippen LogP contribution in [-0.2, 0) is 6.54 Å². The Hall–Kier alpha value is -3.84. The summed E-state index contributed by atoms with van der Waals surface area (Å²) < 4.78 is 5.51. The Balaban J connectivity index is 1.17. The third-order valence-corrected chi connectivity index (χ3v) is 7.75. The molecule has 0 saturated carbocycles. The van der Waals surface area contributed by atoms with Crippen molar-refractivity contribution in [2.75, 3.05) is 61.5 Å². The molecule has 1 N–H and O–H groups in total. The van der Waals surface area contributed by atoms with Gasteiger partial charge in [-0.1, -0.05) is 48.5 Å². The third kappa shape index (κ3) is 5.53. The first kappa shape index (κ1) is 24.5. The molecule has 2 aliphatic rings. The lowest BCUT2D eigenvalue weighted by Crippen LogP contribution is -2.47. The molecule has 7 heteroatoms. The van der Waals surface area contributed by atoms with E-state index in [1.807, 2.05) is 12.1 Å². The highest BCUT2D eigenvalue weighted by Crippen LogP contribution is 2.29. The fraction of sp³-hybridized carbons (Fsp3) is 0.355. The van der Waals surface area contributed by atoms with Gasteiger partial charge in [0.15, 0.2) is 0 Å². The molecule has 196 valence electrons. The Morgan fingerprint density at radius 1 is 0.789 bits per heavy atom. The number of rotatable bonds is 7. The molecule has 0 spiro atoms. The average molecular weight is 509 g/mol. The number of methoxy groups -OCH3 is 1. The van der Waals surface area contributed by atoms with Gasteiger partial charge < -0.3 is 19.9 Å². The fourth-order valence-electron chi connectivity index (χ4n) is 5.55. The summed E-state index contributed by atoms with van der Waals surface area (Å²) >= 11 is 0. The lowest BCUT2D eigenvalue weighted by molar-refractivity contribution is 0.211. The summed E-state index contributed by atoms with van der Waals surface area (Å²) in [6.45, 7) is 6.86. The van der Waals surface area contributed by atoms with Gasteiger partial charge in [0, 0.05) is 69.0 Å². The maximum atomic E-state index is 5.51. The molecule has 7 nitrogen and oxygen atoms in total. The molecule has 3 heterocycles. The van der Waals surface area contributed by atoms with Crippen LogP contribution in [-0.4, -0.2) is 67.3 Å². The molecule has 2 fully saturated rings. The Labute approximate surface area is 225 Å². The number of benzene rings is 3. The van der Waals surface area contributed by atoms with Gasteiger partial charge in [-0.25, -0.2) is 4.98 Å². The SMILES string of the molecule is COc1ccc2c(NC3CCN(Cc4ccccc4)CC3)nc(N3CCN(c4ccccc4)CC3)nc2c1. The van der Waals surface area contributed by atoms with Crippen LogP contribution in [0.25, 0.3) is 10.9 Å². The second-order valence-corrected chi connectivity index (χ2v) is 10.2. The molecule has 0 aliphatic carbocycles. The maximum Gasteiger partial charge on any atom is 0.228 e. The molecule has 2 saturated heterocycles. The van der Waals surface area contributed by atoms with E-state index in [2.05, 4.69) is 86.7 Å². The summed E-state index contributed by atoms with van der Waals surface area (Å²) in [6.07, 6.45) is 2.19. The topological polar surface area (TPSA) is 56.8 Å². The summed E-state index contributed by atoms with van der Waals surface area (Å²) in [5, 5.41) is 4.85. The van der Waals surface area contributed by atoms with Crippen molar-refractivity contribution >= 4 is 28.4 Å². The number of aromatic nitrogens is 2. The zero-order chi connectivity index (χ0) is 25.7. The van der Waals surface area contributed by atoms with Crippen LogP contribution >= 0.6 is 0 Å². The van der Waals surface area contributed by atoms with Crippen LogP contribution in [0.2, 0.25) is 0 Å². The maximum absolute atomic E-state index is 5.51. The largest absolute Gasteiger partial charge is 0.497 e. The molecule has 2 aliphatic heterocycles. The van der Waals surface area contributed by atoms with Crippen LogP contribution < -0.4 is 19.9 Å². The molecular formula is C31H36N6O. The van der Waals surface area contributed by atoms with E-state index in [1.165, 1.54) is 11.3 Å². The Morgan fingerprint density at radius 3 is 2.18 bits per heavy atom. The molecule has 3 aromatic carbocycles. The second-order valence-electron chi connectivity index (χ2n) is 10.2. The standard InChI is InChI=1S/C31H36N6O/c1-38-27-12-13-28-29(22-27)33-31(37-20-18-36(19-21-37)26-10-6-3-7-11-26)34-30(28)32-25-14-16-35(17-15-25)23-24-8-4-2-5-9-24/h2-13,22,25H,14-21,23H2,1H3,(H,32,33,34). The van der Waals surface area contributed by atoms with Gasteiger partial charge in [0.05, 0.1) is 12.6 Å². The van der Waals surface area contributed by atoms with Crippen LogP contribution in [0.3, 0.4) is 0 Å². The molecular weight excluding hydrogens is 472 g/mol. The number of nitrogens with one attached hydrogen (secondary N) is 1. The van der Waals surface area contributed by atoms with Crippen LogP contribution in [0.4, 0.5) is 17.5 Å². The van der Waals surface area contributed by atoms with E-state index in [1.54, 1.807) is 7.11 Å². The van der Waals surface area contributed by atoms with Gasteiger partial charge in [0.2, 0.25) is 5.95 Å². The van der Waals surface area contributed by atoms with Crippen LogP contribution in [0.1, 0.15) is 18.4 Å². The van der Waals surface area contributed by atoms with Gasteiger partial charge in [-0.2, -0.15) is 4.98 Å². The molecule has 0 atom stereocenters. The summed E-state index contributed by atoms with van der Waals surface area (Å²) in [5.41, 5.74) is 3.58. The number of piperidine rings is 1. The van der Waals surface area contributed by atoms with Crippen molar-refractivity contribution in [3.05, 3.63) is 84.4 Å². The zero-order valence-corrected chi connectivity index (χ0v) is 22.1. The quantitative estimate of drug-likeness (QED) is 0.375. The van der Waals surface area contributed by atoms with Crippen LogP contribution in [0, 0.1) is 0 Å². The van der Waals surface area contributed by atoms with Gasteiger partial charge in [-0.05, 0) is 42.7 Å².